The number of nitro benzene ring substituents is 1. The summed E-state index contributed by atoms with van der Waals surface area (Å²) >= 11 is 5.65. The molecule has 10 heteroatoms. The third-order valence-corrected chi connectivity index (χ3v) is 8.00. The van der Waals surface area contributed by atoms with Gasteiger partial charge in [0.05, 0.1) is 29.5 Å². The van der Waals surface area contributed by atoms with Crippen molar-refractivity contribution in [3.8, 4) is 5.69 Å². The number of rotatable bonds is 5. The van der Waals surface area contributed by atoms with Gasteiger partial charge in [0.2, 0.25) is 0 Å². The number of carbonyl (C=O) groups excluding carboxylic acids is 1. The van der Waals surface area contributed by atoms with Crippen LogP contribution in [0.5, 0.6) is 0 Å². The predicted octanol–water partition coefficient (Wildman–Crippen LogP) is 5.06. The van der Waals surface area contributed by atoms with E-state index in [1.165, 1.54) is 0 Å². The quantitative estimate of drug-likeness (QED) is 0.192. The Labute approximate surface area is 233 Å². The van der Waals surface area contributed by atoms with E-state index in [1.807, 2.05) is 79.6 Å². The van der Waals surface area contributed by atoms with Gasteiger partial charge in [-0.25, -0.2) is 0 Å². The molecular formula is C29H31N5O4S. The van der Waals surface area contributed by atoms with Crippen LogP contribution >= 0.6 is 12.2 Å². The zero-order chi connectivity index (χ0) is 28.0. The lowest BCUT2D eigenvalue weighted by atomic mass is 10.1. The second kappa shape index (κ2) is 10.3. The van der Waals surface area contributed by atoms with Gasteiger partial charge in [-0.15, -0.1) is 0 Å². The van der Waals surface area contributed by atoms with E-state index in [4.69, 9.17) is 17.0 Å². The molecule has 0 bridgehead atoms. The summed E-state index contributed by atoms with van der Waals surface area (Å²) in [6.45, 7) is 10.2. The van der Waals surface area contributed by atoms with E-state index in [0.29, 0.717) is 48.5 Å². The van der Waals surface area contributed by atoms with Crippen LogP contribution in [0.2, 0.25) is 0 Å². The molecule has 2 aromatic carbocycles. The van der Waals surface area contributed by atoms with Gasteiger partial charge < -0.3 is 19.1 Å². The molecular weight excluding hydrogens is 514 g/mol. The maximum atomic E-state index is 13.5. The average molecular weight is 546 g/mol. The Balaban J connectivity index is 1.51. The summed E-state index contributed by atoms with van der Waals surface area (Å²) in [6.07, 6.45) is 1.84. The fourth-order valence-corrected chi connectivity index (χ4v) is 5.48. The number of aryl methyl sites for hydroxylation is 3. The Morgan fingerprint density at radius 2 is 1.67 bits per heavy atom. The van der Waals surface area contributed by atoms with Crippen molar-refractivity contribution in [2.75, 3.05) is 43.2 Å². The number of hydrogen-bond donors (Lipinski definition) is 0. The van der Waals surface area contributed by atoms with Gasteiger partial charge in [0.1, 0.15) is 11.4 Å². The Kier molecular flexibility index (Phi) is 7.00. The minimum atomic E-state index is -0.334. The highest BCUT2D eigenvalue weighted by atomic mass is 32.1. The van der Waals surface area contributed by atoms with Crippen molar-refractivity contribution in [2.45, 2.75) is 27.7 Å². The Morgan fingerprint density at radius 3 is 2.33 bits per heavy atom. The van der Waals surface area contributed by atoms with Gasteiger partial charge in [-0.3, -0.25) is 19.8 Å². The van der Waals surface area contributed by atoms with E-state index in [9.17, 15) is 14.9 Å². The van der Waals surface area contributed by atoms with Crippen molar-refractivity contribution in [1.82, 2.24) is 9.47 Å². The van der Waals surface area contributed by atoms with Gasteiger partial charge in [0.15, 0.2) is 5.11 Å². The van der Waals surface area contributed by atoms with Gasteiger partial charge in [0.25, 0.3) is 11.6 Å². The molecule has 39 heavy (non-hydrogen) atoms. The molecule has 2 saturated heterocycles. The first-order valence-electron chi connectivity index (χ1n) is 12.8. The summed E-state index contributed by atoms with van der Waals surface area (Å²) in [7, 11) is 1.79. The molecule has 9 nitrogen and oxygen atoms in total. The topological polar surface area (TPSA) is 84.1 Å². The number of nitrogens with zero attached hydrogens (tertiary/aromatic N) is 5. The van der Waals surface area contributed by atoms with Crippen LogP contribution in [0.25, 0.3) is 11.8 Å². The number of morpholine rings is 1. The molecule has 0 spiro atoms. The number of ether oxygens (including phenoxy) is 1. The Morgan fingerprint density at radius 1 is 0.974 bits per heavy atom. The summed E-state index contributed by atoms with van der Waals surface area (Å²) in [6, 6.07) is 13.2. The summed E-state index contributed by atoms with van der Waals surface area (Å²) in [5.41, 5.74) is 7.38. The second-order valence-electron chi connectivity index (χ2n) is 9.97. The number of anilines is 2. The van der Waals surface area contributed by atoms with Crippen LogP contribution in [-0.2, 0) is 9.53 Å². The standard InChI is InChI=1S/C29H31N5O4S/c1-18-6-7-23(14-19(18)2)33-28(35)27(30(5)29(33)39)16-22-15-20(3)32(21(22)4)24-8-9-25(26(17-24)34(36)37)31-10-12-38-13-11-31/h6-9,14-17H,10-13H2,1-5H3/b27-16-. The van der Waals surface area contributed by atoms with Crippen molar-refractivity contribution in [1.29, 1.82) is 0 Å². The van der Waals surface area contributed by atoms with Gasteiger partial charge in [-0.2, -0.15) is 0 Å². The average Bonchev–Trinajstić information content (AvgIpc) is 3.31. The van der Waals surface area contributed by atoms with Crippen LogP contribution in [0.15, 0.2) is 48.2 Å². The van der Waals surface area contributed by atoms with Gasteiger partial charge in [-0.05, 0) is 93.0 Å². The molecule has 0 saturated carbocycles. The first-order chi connectivity index (χ1) is 18.6. The smallest absolute Gasteiger partial charge is 0.294 e. The molecule has 0 atom stereocenters. The number of likely N-dealkylation sites (N-methyl/N-ethyl adjacent to an activating group) is 1. The fourth-order valence-electron chi connectivity index (χ4n) is 5.20. The van der Waals surface area contributed by atoms with E-state index in [0.717, 1.165) is 33.8 Å². The van der Waals surface area contributed by atoms with E-state index >= 15 is 0 Å². The van der Waals surface area contributed by atoms with Crippen molar-refractivity contribution in [3.05, 3.63) is 86.4 Å². The van der Waals surface area contributed by atoms with Crippen LogP contribution in [0.3, 0.4) is 0 Å². The second-order valence-corrected chi connectivity index (χ2v) is 10.3. The number of aromatic nitrogens is 1. The number of carbonyl (C=O) groups is 1. The maximum absolute atomic E-state index is 13.5. The molecule has 3 heterocycles. The summed E-state index contributed by atoms with van der Waals surface area (Å²) < 4.78 is 7.38. The zero-order valence-corrected chi connectivity index (χ0v) is 23.5. The number of amides is 1. The van der Waals surface area contributed by atoms with Gasteiger partial charge >= 0.3 is 0 Å². The van der Waals surface area contributed by atoms with E-state index in [-0.39, 0.29) is 16.5 Å². The van der Waals surface area contributed by atoms with Crippen molar-refractivity contribution in [2.24, 2.45) is 0 Å². The predicted molar refractivity (Wildman–Crippen MR) is 157 cm³/mol. The van der Waals surface area contributed by atoms with Crippen molar-refractivity contribution in [3.63, 3.8) is 0 Å². The Hall–Kier alpha value is -4.02. The Bertz CT molecular complexity index is 1540. The maximum Gasteiger partial charge on any atom is 0.294 e. The van der Waals surface area contributed by atoms with Crippen LogP contribution in [0, 0.1) is 37.8 Å². The lowest BCUT2D eigenvalue weighted by molar-refractivity contribution is -0.384. The van der Waals surface area contributed by atoms with Crippen molar-refractivity contribution < 1.29 is 14.5 Å². The highest BCUT2D eigenvalue weighted by Gasteiger charge is 2.37. The number of benzene rings is 2. The lowest BCUT2D eigenvalue weighted by Gasteiger charge is -2.28. The van der Waals surface area contributed by atoms with Crippen LogP contribution in [0.1, 0.15) is 28.1 Å². The van der Waals surface area contributed by atoms with Crippen molar-refractivity contribution >= 4 is 46.4 Å². The molecule has 2 fully saturated rings. The summed E-state index contributed by atoms with van der Waals surface area (Å²) in [5, 5.41) is 12.4. The molecule has 1 aromatic heterocycles. The first-order valence-corrected chi connectivity index (χ1v) is 13.2. The monoisotopic (exact) mass is 545 g/mol. The normalized spacial score (nSPS) is 17.1. The number of thiocarbonyl (C=S) groups is 1. The summed E-state index contributed by atoms with van der Waals surface area (Å²) in [4.78, 5) is 30.5. The van der Waals surface area contributed by atoms with Crippen LogP contribution in [0.4, 0.5) is 17.1 Å². The van der Waals surface area contributed by atoms with Crippen LogP contribution < -0.4 is 9.80 Å². The minimum Gasteiger partial charge on any atom is -0.378 e. The third kappa shape index (κ3) is 4.70. The third-order valence-electron chi connectivity index (χ3n) is 7.54. The molecule has 5 rings (SSSR count). The fraction of sp³-hybridized carbons (Fsp3) is 0.310. The lowest BCUT2D eigenvalue weighted by Crippen LogP contribution is -2.36. The highest BCUT2D eigenvalue weighted by molar-refractivity contribution is 7.80. The molecule has 0 aliphatic carbocycles. The van der Waals surface area contributed by atoms with E-state index in [2.05, 4.69) is 0 Å². The minimum absolute atomic E-state index is 0.0573. The largest absolute Gasteiger partial charge is 0.378 e. The molecule has 1 amide bonds. The van der Waals surface area contributed by atoms with E-state index in [1.54, 1.807) is 22.9 Å². The molecule has 0 radical (unpaired) electrons. The zero-order valence-electron chi connectivity index (χ0n) is 22.7. The number of hydrogen-bond acceptors (Lipinski definition) is 6. The highest BCUT2D eigenvalue weighted by Crippen LogP contribution is 2.34. The molecule has 2 aliphatic heterocycles. The SMILES string of the molecule is Cc1ccc(N2C(=O)/C(=C/c3cc(C)n(-c4ccc(N5CCOCC5)c([N+](=O)[O-])c4)c3C)N(C)C2=S)cc1C. The first kappa shape index (κ1) is 26.6. The van der Waals surface area contributed by atoms with Gasteiger partial charge in [-0.1, -0.05) is 6.07 Å². The molecule has 3 aromatic rings. The number of nitro groups is 1. The molecule has 202 valence electrons. The van der Waals surface area contributed by atoms with E-state index < -0.39 is 0 Å². The summed E-state index contributed by atoms with van der Waals surface area (Å²) in [5.74, 6) is -0.193. The van der Waals surface area contributed by atoms with Crippen LogP contribution in [-0.4, -0.2) is 58.8 Å². The van der Waals surface area contributed by atoms with Gasteiger partial charge in [0, 0.05) is 37.6 Å². The molecule has 0 N–H and O–H groups in total. The molecule has 2 aliphatic rings. The molecule has 0 unspecified atom stereocenters.